The number of rotatable bonds is 5. The third-order valence-corrected chi connectivity index (χ3v) is 6.77. The number of pyridine rings is 2. The highest BCUT2D eigenvalue weighted by Crippen LogP contribution is 2.29. The van der Waals surface area contributed by atoms with E-state index in [4.69, 9.17) is 0 Å². The number of benzene rings is 1. The second kappa shape index (κ2) is 7.95. The zero-order chi connectivity index (χ0) is 21.5. The molecular formula is C26H27N5O. The molecule has 1 aliphatic heterocycles. The Morgan fingerprint density at radius 3 is 2.53 bits per heavy atom. The normalized spacial score (nSPS) is 17.2. The molecule has 0 atom stereocenters. The smallest absolute Gasteiger partial charge is 0.248 e. The van der Waals surface area contributed by atoms with Crippen LogP contribution in [0.3, 0.4) is 0 Å². The van der Waals surface area contributed by atoms with Crippen molar-refractivity contribution in [3.63, 3.8) is 0 Å². The zero-order valence-corrected chi connectivity index (χ0v) is 18.1. The van der Waals surface area contributed by atoms with Gasteiger partial charge in [0.1, 0.15) is 5.65 Å². The highest BCUT2D eigenvalue weighted by molar-refractivity contribution is 5.65. The molecule has 0 bridgehead atoms. The number of piperazine rings is 1. The van der Waals surface area contributed by atoms with Gasteiger partial charge in [0, 0.05) is 74.5 Å². The van der Waals surface area contributed by atoms with Gasteiger partial charge in [-0.3, -0.25) is 14.1 Å². The molecule has 6 heteroatoms. The van der Waals surface area contributed by atoms with Crippen LogP contribution in [0.2, 0.25) is 0 Å². The third-order valence-electron chi connectivity index (χ3n) is 6.77. The molecule has 162 valence electrons. The molecule has 3 aromatic heterocycles. The van der Waals surface area contributed by atoms with Gasteiger partial charge in [0.25, 0.3) is 0 Å². The average Bonchev–Trinajstić information content (AvgIpc) is 3.56. The zero-order valence-electron chi connectivity index (χ0n) is 18.1. The molecule has 0 spiro atoms. The van der Waals surface area contributed by atoms with Crippen molar-refractivity contribution in [1.29, 1.82) is 0 Å². The molecule has 1 aromatic carbocycles. The second-order valence-corrected chi connectivity index (χ2v) is 8.90. The van der Waals surface area contributed by atoms with Crippen molar-refractivity contribution in [1.82, 2.24) is 19.3 Å². The quantitative estimate of drug-likeness (QED) is 0.531. The fourth-order valence-electron chi connectivity index (χ4n) is 4.88. The van der Waals surface area contributed by atoms with E-state index >= 15 is 0 Å². The molecule has 0 radical (unpaired) electrons. The summed E-state index contributed by atoms with van der Waals surface area (Å²) in [6, 6.07) is 17.6. The number of hydrogen-bond donors (Lipinski definition) is 1. The van der Waals surface area contributed by atoms with Crippen LogP contribution in [-0.4, -0.2) is 51.5 Å². The standard InChI is InChI=1S/C26H27N5O/c32-25-18-20(9-10-27-25)24-8-3-21(26-28-11-12-31(24)26)17-19-1-4-22(5-2-19)29-13-15-30(16-14-29)23-6-7-23/h1-5,8-12,18,23H,6-7,13-17H2,(H,27,32). The first-order valence-electron chi connectivity index (χ1n) is 11.5. The van der Waals surface area contributed by atoms with Gasteiger partial charge < -0.3 is 9.88 Å². The lowest BCUT2D eigenvalue weighted by Crippen LogP contribution is -2.47. The number of nitrogens with one attached hydrogen (secondary N) is 1. The van der Waals surface area contributed by atoms with E-state index in [2.05, 4.69) is 60.6 Å². The van der Waals surface area contributed by atoms with Gasteiger partial charge in [0.15, 0.2) is 0 Å². The van der Waals surface area contributed by atoms with Crippen LogP contribution in [0.15, 0.2) is 71.9 Å². The number of H-pyrrole nitrogens is 1. The summed E-state index contributed by atoms with van der Waals surface area (Å²) in [7, 11) is 0. The topological polar surface area (TPSA) is 56.6 Å². The van der Waals surface area contributed by atoms with E-state index in [0.717, 1.165) is 42.5 Å². The van der Waals surface area contributed by atoms with Crippen LogP contribution in [-0.2, 0) is 6.42 Å². The molecule has 1 aliphatic carbocycles. The van der Waals surface area contributed by atoms with Crippen LogP contribution in [0.4, 0.5) is 5.69 Å². The van der Waals surface area contributed by atoms with E-state index in [-0.39, 0.29) is 5.56 Å². The van der Waals surface area contributed by atoms with Gasteiger partial charge in [0.2, 0.25) is 5.56 Å². The van der Waals surface area contributed by atoms with Crippen LogP contribution in [0.1, 0.15) is 24.0 Å². The van der Waals surface area contributed by atoms with E-state index in [1.807, 2.05) is 18.5 Å². The van der Waals surface area contributed by atoms with E-state index in [1.54, 1.807) is 12.3 Å². The molecule has 4 aromatic rings. The number of hydrogen-bond acceptors (Lipinski definition) is 4. The van der Waals surface area contributed by atoms with E-state index in [0.29, 0.717) is 0 Å². The number of fused-ring (bicyclic) bond motifs is 1. The summed E-state index contributed by atoms with van der Waals surface area (Å²) >= 11 is 0. The Morgan fingerprint density at radius 2 is 1.78 bits per heavy atom. The van der Waals surface area contributed by atoms with Crippen LogP contribution >= 0.6 is 0 Å². The minimum absolute atomic E-state index is 0.103. The molecule has 1 saturated carbocycles. The summed E-state index contributed by atoms with van der Waals surface area (Å²) in [5.74, 6) is 0. The van der Waals surface area contributed by atoms with E-state index in [9.17, 15) is 4.79 Å². The van der Waals surface area contributed by atoms with Crippen LogP contribution in [0.25, 0.3) is 16.9 Å². The maximum atomic E-state index is 11.8. The first kappa shape index (κ1) is 19.3. The molecule has 2 aliphatic rings. The Labute approximate surface area is 187 Å². The fourth-order valence-corrected chi connectivity index (χ4v) is 4.88. The van der Waals surface area contributed by atoms with Gasteiger partial charge in [-0.1, -0.05) is 18.2 Å². The lowest BCUT2D eigenvalue weighted by Gasteiger charge is -2.36. The molecular weight excluding hydrogens is 398 g/mol. The molecule has 0 unspecified atom stereocenters. The average molecular weight is 426 g/mol. The lowest BCUT2D eigenvalue weighted by molar-refractivity contribution is 0.248. The summed E-state index contributed by atoms with van der Waals surface area (Å²) < 4.78 is 2.07. The molecule has 0 amide bonds. The fraction of sp³-hybridized carbons (Fsp3) is 0.308. The summed E-state index contributed by atoms with van der Waals surface area (Å²) in [6.07, 6.45) is 9.07. The monoisotopic (exact) mass is 425 g/mol. The Bertz CT molecular complexity index is 1290. The summed E-state index contributed by atoms with van der Waals surface area (Å²) in [6.45, 7) is 4.61. The van der Waals surface area contributed by atoms with Gasteiger partial charge in [-0.25, -0.2) is 4.98 Å². The Balaban J connectivity index is 1.21. The van der Waals surface area contributed by atoms with Gasteiger partial charge in [0.05, 0.1) is 5.69 Å². The number of aromatic nitrogens is 3. The van der Waals surface area contributed by atoms with E-state index in [1.165, 1.54) is 42.7 Å². The molecule has 1 saturated heterocycles. The Hall–Kier alpha value is -3.38. The summed E-state index contributed by atoms with van der Waals surface area (Å²) in [4.78, 5) is 24.2. The van der Waals surface area contributed by atoms with Crippen LogP contribution in [0.5, 0.6) is 0 Å². The van der Waals surface area contributed by atoms with Crippen LogP contribution < -0.4 is 10.5 Å². The molecule has 4 heterocycles. The predicted molar refractivity (Wildman–Crippen MR) is 127 cm³/mol. The van der Waals surface area contributed by atoms with E-state index < -0.39 is 0 Å². The predicted octanol–water partition coefficient (Wildman–Crippen LogP) is 3.56. The maximum absolute atomic E-state index is 11.8. The van der Waals surface area contributed by atoms with Gasteiger partial charge in [-0.2, -0.15) is 0 Å². The number of anilines is 1. The minimum Gasteiger partial charge on any atom is -0.369 e. The molecule has 1 N–H and O–H groups in total. The highest BCUT2D eigenvalue weighted by Gasteiger charge is 2.31. The van der Waals surface area contributed by atoms with Crippen molar-refractivity contribution in [2.24, 2.45) is 0 Å². The van der Waals surface area contributed by atoms with Crippen molar-refractivity contribution < 1.29 is 0 Å². The Kier molecular flexibility index (Phi) is 4.80. The summed E-state index contributed by atoms with van der Waals surface area (Å²) in [5, 5.41) is 0. The minimum atomic E-state index is -0.103. The van der Waals surface area contributed by atoms with Gasteiger partial charge >= 0.3 is 0 Å². The van der Waals surface area contributed by atoms with Gasteiger partial charge in [-0.05, 0) is 48.2 Å². The highest BCUT2D eigenvalue weighted by atomic mass is 16.1. The second-order valence-electron chi connectivity index (χ2n) is 8.90. The van der Waals surface area contributed by atoms with Crippen LogP contribution in [0, 0.1) is 0 Å². The summed E-state index contributed by atoms with van der Waals surface area (Å²) in [5.41, 5.74) is 6.45. The first-order chi connectivity index (χ1) is 15.7. The number of imidazole rings is 1. The molecule has 6 rings (SSSR count). The molecule has 32 heavy (non-hydrogen) atoms. The maximum Gasteiger partial charge on any atom is 0.248 e. The van der Waals surface area contributed by atoms with Crippen molar-refractivity contribution in [2.75, 3.05) is 31.1 Å². The molecule has 6 nitrogen and oxygen atoms in total. The SMILES string of the molecule is O=c1cc(-c2ccc(Cc3ccc(N4CCN(C5CC5)CC4)cc3)c3nccn23)cc[nH]1. The van der Waals surface area contributed by atoms with Crippen molar-refractivity contribution in [3.05, 3.63) is 88.6 Å². The van der Waals surface area contributed by atoms with Gasteiger partial charge in [-0.15, -0.1) is 0 Å². The Morgan fingerprint density at radius 1 is 0.969 bits per heavy atom. The molecule has 2 fully saturated rings. The van der Waals surface area contributed by atoms with Crippen molar-refractivity contribution in [3.8, 4) is 11.3 Å². The third kappa shape index (κ3) is 3.71. The lowest BCUT2D eigenvalue weighted by atomic mass is 10.0. The van der Waals surface area contributed by atoms with Crippen molar-refractivity contribution in [2.45, 2.75) is 25.3 Å². The van der Waals surface area contributed by atoms with Crippen molar-refractivity contribution >= 4 is 11.3 Å². The number of nitrogens with zero attached hydrogens (tertiary/aromatic N) is 4. The number of aromatic amines is 1. The first-order valence-corrected chi connectivity index (χ1v) is 11.5. The largest absolute Gasteiger partial charge is 0.369 e.